The van der Waals surface area contributed by atoms with Crippen LogP contribution in [0.2, 0.25) is 0 Å². The van der Waals surface area contributed by atoms with Gasteiger partial charge in [0.15, 0.2) is 0 Å². The third-order valence-electron chi connectivity index (χ3n) is 3.68. The van der Waals surface area contributed by atoms with Crippen molar-refractivity contribution < 1.29 is 4.79 Å². The molecule has 4 nitrogen and oxygen atoms in total. The summed E-state index contributed by atoms with van der Waals surface area (Å²) in [5.41, 5.74) is 6.12. The second-order valence-electron chi connectivity index (χ2n) is 5.30. The molecule has 1 rings (SSSR count). The van der Waals surface area contributed by atoms with Crippen LogP contribution < -0.4 is 16.4 Å². The molecule has 1 aliphatic carbocycles. The van der Waals surface area contributed by atoms with E-state index in [2.05, 4.69) is 17.6 Å². The molecular formula is C14H31Cl2N3O. The zero-order valence-corrected chi connectivity index (χ0v) is 14.2. The van der Waals surface area contributed by atoms with Crippen LogP contribution in [-0.4, -0.2) is 31.6 Å². The molecule has 1 fully saturated rings. The summed E-state index contributed by atoms with van der Waals surface area (Å²) in [4.78, 5) is 12.1. The van der Waals surface area contributed by atoms with Crippen molar-refractivity contribution >= 4 is 30.7 Å². The number of hydrogen-bond donors (Lipinski definition) is 3. The molecular weight excluding hydrogens is 297 g/mol. The summed E-state index contributed by atoms with van der Waals surface area (Å²) in [5, 5.41) is 6.29. The van der Waals surface area contributed by atoms with Gasteiger partial charge in [0.25, 0.3) is 0 Å². The minimum Gasteiger partial charge on any atom is -0.355 e. The smallest absolute Gasteiger partial charge is 0.224 e. The van der Waals surface area contributed by atoms with Crippen molar-refractivity contribution in [1.82, 2.24) is 10.6 Å². The largest absolute Gasteiger partial charge is 0.355 e. The third-order valence-corrected chi connectivity index (χ3v) is 3.68. The van der Waals surface area contributed by atoms with Crippen molar-refractivity contribution in [3.63, 3.8) is 0 Å². The van der Waals surface area contributed by atoms with Crippen LogP contribution in [0.25, 0.3) is 0 Å². The molecule has 0 bridgehead atoms. The van der Waals surface area contributed by atoms with Crippen LogP contribution in [0.4, 0.5) is 0 Å². The van der Waals surface area contributed by atoms with E-state index in [0.717, 1.165) is 38.8 Å². The Bertz CT molecular complexity index is 242. The Morgan fingerprint density at radius 2 is 1.70 bits per heavy atom. The summed E-state index contributed by atoms with van der Waals surface area (Å²) in [6.45, 7) is 4.71. The Balaban J connectivity index is 0. The summed E-state index contributed by atoms with van der Waals surface area (Å²) >= 11 is 0. The fraction of sp³-hybridized carbons (Fsp3) is 0.929. The first-order valence-corrected chi connectivity index (χ1v) is 7.49. The summed E-state index contributed by atoms with van der Waals surface area (Å²) < 4.78 is 0. The number of halogens is 2. The van der Waals surface area contributed by atoms with Gasteiger partial charge in [0.2, 0.25) is 5.91 Å². The van der Waals surface area contributed by atoms with E-state index in [1.54, 1.807) is 0 Å². The molecule has 1 saturated carbocycles. The van der Waals surface area contributed by atoms with Crippen molar-refractivity contribution in [2.75, 3.05) is 19.6 Å². The Morgan fingerprint density at radius 1 is 1.05 bits per heavy atom. The molecule has 122 valence electrons. The Kier molecular flexibility index (Phi) is 15.5. The summed E-state index contributed by atoms with van der Waals surface area (Å²) in [6.07, 6.45) is 7.89. The van der Waals surface area contributed by atoms with Gasteiger partial charge in [-0.2, -0.15) is 0 Å². The van der Waals surface area contributed by atoms with E-state index in [1.165, 1.54) is 19.3 Å². The summed E-state index contributed by atoms with van der Waals surface area (Å²) in [5.74, 6) is 0.180. The lowest BCUT2D eigenvalue weighted by atomic mass is 9.87. The van der Waals surface area contributed by atoms with E-state index >= 15 is 0 Å². The monoisotopic (exact) mass is 327 g/mol. The maximum Gasteiger partial charge on any atom is 0.224 e. The molecule has 1 amide bonds. The van der Waals surface area contributed by atoms with Gasteiger partial charge in [0, 0.05) is 19.1 Å². The lowest BCUT2D eigenvalue weighted by Crippen LogP contribution is -2.44. The standard InChI is InChI=1S/C14H29N3O.2ClH/c1-2-9-16-10-11-17-14(18)12-7-5-3-4-6-8-13(12)15;;/h12-13,16H,2-11,15H2,1H3,(H,17,18);2*1H. The highest BCUT2D eigenvalue weighted by atomic mass is 35.5. The Labute approximate surface area is 135 Å². The second kappa shape index (κ2) is 13.9. The fourth-order valence-electron chi connectivity index (χ4n) is 2.55. The highest BCUT2D eigenvalue weighted by Crippen LogP contribution is 2.21. The zero-order valence-electron chi connectivity index (χ0n) is 12.5. The van der Waals surface area contributed by atoms with Crippen LogP contribution in [0, 0.1) is 5.92 Å². The first kappa shape index (κ1) is 22.3. The van der Waals surface area contributed by atoms with Gasteiger partial charge in [0.05, 0.1) is 5.92 Å². The average molecular weight is 328 g/mol. The second-order valence-corrected chi connectivity index (χ2v) is 5.30. The van der Waals surface area contributed by atoms with Crippen LogP contribution in [0.3, 0.4) is 0 Å². The molecule has 1 aliphatic rings. The molecule has 0 saturated heterocycles. The van der Waals surface area contributed by atoms with E-state index in [4.69, 9.17) is 5.73 Å². The van der Waals surface area contributed by atoms with E-state index in [9.17, 15) is 4.79 Å². The van der Waals surface area contributed by atoms with Crippen molar-refractivity contribution in [2.45, 2.75) is 57.9 Å². The van der Waals surface area contributed by atoms with Gasteiger partial charge in [-0.1, -0.05) is 32.6 Å². The molecule has 2 atom stereocenters. The van der Waals surface area contributed by atoms with Gasteiger partial charge in [-0.15, -0.1) is 24.8 Å². The molecule has 0 aromatic carbocycles. The van der Waals surface area contributed by atoms with Gasteiger partial charge < -0.3 is 16.4 Å². The molecule has 0 radical (unpaired) electrons. The molecule has 0 aromatic heterocycles. The quantitative estimate of drug-likeness (QED) is 0.655. The minimum atomic E-state index is 0. The molecule has 4 N–H and O–H groups in total. The average Bonchev–Trinajstić information content (AvgIpc) is 2.34. The lowest BCUT2D eigenvalue weighted by Gasteiger charge is -2.25. The van der Waals surface area contributed by atoms with Gasteiger partial charge in [-0.3, -0.25) is 4.79 Å². The maximum absolute atomic E-state index is 12.1. The predicted octanol–water partition coefficient (Wildman–Crippen LogP) is 2.24. The molecule has 0 spiro atoms. The first-order chi connectivity index (χ1) is 8.75. The summed E-state index contributed by atoms with van der Waals surface area (Å²) in [6, 6.07) is 0.0499. The topological polar surface area (TPSA) is 67.1 Å². The molecule has 6 heteroatoms. The lowest BCUT2D eigenvalue weighted by molar-refractivity contribution is -0.126. The molecule has 0 aliphatic heterocycles. The van der Waals surface area contributed by atoms with Gasteiger partial charge in [0.1, 0.15) is 0 Å². The van der Waals surface area contributed by atoms with Gasteiger partial charge in [-0.25, -0.2) is 0 Å². The number of carbonyl (C=O) groups excluding carboxylic acids is 1. The SMILES string of the molecule is CCCNCCNC(=O)C1CCCCCCC1N.Cl.Cl. The number of nitrogens with one attached hydrogen (secondary N) is 2. The maximum atomic E-state index is 12.1. The molecule has 2 unspecified atom stereocenters. The fourth-order valence-corrected chi connectivity index (χ4v) is 2.55. The molecule has 0 aromatic rings. The van der Waals surface area contributed by atoms with Crippen LogP contribution in [0.5, 0.6) is 0 Å². The van der Waals surface area contributed by atoms with Crippen LogP contribution in [0.15, 0.2) is 0 Å². The Hall–Kier alpha value is -0.0300. The van der Waals surface area contributed by atoms with E-state index in [0.29, 0.717) is 6.54 Å². The highest BCUT2D eigenvalue weighted by Gasteiger charge is 2.25. The van der Waals surface area contributed by atoms with Crippen molar-refractivity contribution in [3.05, 3.63) is 0 Å². The third kappa shape index (κ3) is 9.01. The predicted molar refractivity (Wildman–Crippen MR) is 89.8 cm³/mol. The number of rotatable bonds is 6. The van der Waals surface area contributed by atoms with Gasteiger partial charge >= 0.3 is 0 Å². The van der Waals surface area contributed by atoms with E-state index in [1.807, 2.05) is 0 Å². The van der Waals surface area contributed by atoms with Crippen LogP contribution in [0.1, 0.15) is 51.9 Å². The highest BCUT2D eigenvalue weighted by molar-refractivity contribution is 5.85. The van der Waals surface area contributed by atoms with Crippen molar-refractivity contribution in [1.29, 1.82) is 0 Å². The van der Waals surface area contributed by atoms with Crippen LogP contribution in [-0.2, 0) is 4.79 Å². The number of amides is 1. The number of hydrogen-bond acceptors (Lipinski definition) is 3. The minimum absolute atomic E-state index is 0. The van der Waals surface area contributed by atoms with Crippen LogP contribution >= 0.6 is 24.8 Å². The van der Waals surface area contributed by atoms with Crippen molar-refractivity contribution in [3.8, 4) is 0 Å². The van der Waals surface area contributed by atoms with E-state index in [-0.39, 0.29) is 42.7 Å². The zero-order chi connectivity index (χ0) is 13.2. The van der Waals surface area contributed by atoms with Crippen molar-refractivity contribution in [2.24, 2.45) is 11.7 Å². The normalized spacial score (nSPS) is 22.7. The Morgan fingerprint density at radius 3 is 2.35 bits per heavy atom. The molecule has 20 heavy (non-hydrogen) atoms. The number of nitrogens with two attached hydrogens (primary N) is 1. The van der Waals surface area contributed by atoms with Gasteiger partial charge in [-0.05, 0) is 25.8 Å². The summed E-state index contributed by atoms with van der Waals surface area (Å²) in [7, 11) is 0. The number of carbonyl (C=O) groups is 1. The molecule has 0 heterocycles. The van der Waals surface area contributed by atoms with E-state index < -0.39 is 0 Å². The first-order valence-electron chi connectivity index (χ1n) is 7.49.